The lowest BCUT2D eigenvalue weighted by atomic mass is 10.1. The van der Waals surface area contributed by atoms with Crippen LogP contribution in [0.2, 0.25) is 0 Å². The van der Waals surface area contributed by atoms with Crippen LogP contribution in [0.5, 0.6) is 0 Å². The Kier molecular flexibility index (Phi) is 1.95. The zero-order valence-corrected chi connectivity index (χ0v) is 7.54. The van der Waals surface area contributed by atoms with E-state index in [0.29, 0.717) is 12.1 Å². The Morgan fingerprint density at radius 2 is 2.57 bits per heavy atom. The number of aliphatic carboxylic acids is 1. The molecule has 1 aromatic rings. The average Bonchev–Trinajstić information content (AvgIpc) is 2.70. The molecule has 6 heteroatoms. The van der Waals surface area contributed by atoms with E-state index in [1.54, 1.807) is 24.1 Å². The second-order valence-electron chi connectivity index (χ2n) is 3.08. The van der Waals surface area contributed by atoms with E-state index in [1.807, 2.05) is 0 Å². The minimum atomic E-state index is -0.993. The Morgan fingerprint density at radius 1 is 1.79 bits per heavy atom. The summed E-state index contributed by atoms with van der Waals surface area (Å²) in [7, 11) is 1.79. The van der Waals surface area contributed by atoms with Crippen LogP contribution in [0.3, 0.4) is 0 Å². The van der Waals surface area contributed by atoms with Gasteiger partial charge in [-0.1, -0.05) is 5.16 Å². The van der Waals surface area contributed by atoms with Gasteiger partial charge in [0.15, 0.2) is 0 Å². The summed E-state index contributed by atoms with van der Waals surface area (Å²) in [4.78, 5) is 15.3. The van der Waals surface area contributed by atoms with Crippen molar-refractivity contribution < 1.29 is 14.7 Å². The number of carbonyl (C=O) groups is 1. The van der Waals surface area contributed by atoms with Gasteiger partial charge in [0.25, 0.3) is 0 Å². The highest BCUT2D eigenvalue weighted by Gasteiger charge is 2.28. The molecule has 0 aromatic carbocycles. The number of oxime groups is 1. The van der Waals surface area contributed by atoms with Crippen LogP contribution < -0.4 is 0 Å². The summed E-state index contributed by atoms with van der Waals surface area (Å²) >= 11 is 0. The van der Waals surface area contributed by atoms with Gasteiger partial charge in [0.2, 0.25) is 6.10 Å². The van der Waals surface area contributed by atoms with Crippen molar-refractivity contribution in [3.63, 3.8) is 0 Å². The molecule has 0 aliphatic carbocycles. The molecule has 0 saturated carbocycles. The van der Waals surface area contributed by atoms with Gasteiger partial charge in [-0.15, -0.1) is 0 Å². The van der Waals surface area contributed by atoms with Crippen molar-refractivity contribution in [1.82, 2.24) is 9.78 Å². The third-order valence-electron chi connectivity index (χ3n) is 1.98. The van der Waals surface area contributed by atoms with Gasteiger partial charge in [0.05, 0.1) is 11.9 Å². The van der Waals surface area contributed by atoms with Crippen molar-refractivity contribution in [2.45, 2.75) is 12.5 Å². The van der Waals surface area contributed by atoms with Crippen molar-refractivity contribution in [2.24, 2.45) is 12.2 Å². The first-order valence-corrected chi connectivity index (χ1v) is 4.11. The number of aryl methyl sites for hydroxylation is 1. The first-order valence-electron chi connectivity index (χ1n) is 4.11. The minimum Gasteiger partial charge on any atom is -0.478 e. The van der Waals surface area contributed by atoms with E-state index < -0.39 is 12.1 Å². The molecule has 0 bridgehead atoms. The van der Waals surface area contributed by atoms with Gasteiger partial charge < -0.3 is 9.94 Å². The Hall–Kier alpha value is -1.85. The van der Waals surface area contributed by atoms with Crippen LogP contribution in [-0.4, -0.2) is 32.7 Å². The maximum atomic E-state index is 10.6. The smallest absolute Gasteiger partial charge is 0.348 e. The highest BCUT2D eigenvalue weighted by atomic mass is 16.7. The highest BCUT2D eigenvalue weighted by molar-refractivity contribution is 6.03. The fourth-order valence-electron chi connectivity index (χ4n) is 1.25. The molecular formula is C8H9N3O3. The fraction of sp³-hybridized carbons (Fsp3) is 0.375. The molecule has 0 fully saturated rings. The Balaban J connectivity index is 2.12. The van der Waals surface area contributed by atoms with Gasteiger partial charge in [-0.05, 0) is 0 Å². The van der Waals surface area contributed by atoms with E-state index in [0.717, 1.165) is 5.56 Å². The van der Waals surface area contributed by atoms with Crippen LogP contribution in [0.4, 0.5) is 0 Å². The van der Waals surface area contributed by atoms with Crippen molar-refractivity contribution in [3.05, 3.63) is 18.0 Å². The molecule has 0 unspecified atom stereocenters. The molecule has 2 rings (SSSR count). The molecule has 1 aromatic heterocycles. The summed E-state index contributed by atoms with van der Waals surface area (Å²) in [5.74, 6) is -0.993. The summed E-state index contributed by atoms with van der Waals surface area (Å²) in [6.07, 6.45) is 2.84. The van der Waals surface area contributed by atoms with Gasteiger partial charge in [0, 0.05) is 25.2 Å². The van der Waals surface area contributed by atoms with Crippen LogP contribution in [-0.2, 0) is 16.7 Å². The SMILES string of the molecule is Cn1cc(C2=NO[C@H](C(=O)O)C2)cn1. The summed E-state index contributed by atoms with van der Waals surface area (Å²) in [5.41, 5.74) is 1.43. The van der Waals surface area contributed by atoms with Crippen LogP contribution in [0.15, 0.2) is 17.5 Å². The average molecular weight is 195 g/mol. The minimum absolute atomic E-state index is 0.293. The Bertz CT molecular complexity index is 396. The number of rotatable bonds is 2. The van der Waals surface area contributed by atoms with E-state index in [4.69, 9.17) is 9.94 Å². The lowest BCUT2D eigenvalue weighted by Gasteiger charge is -1.98. The summed E-state index contributed by atoms with van der Waals surface area (Å²) in [5, 5.41) is 16.3. The normalized spacial score (nSPS) is 20.4. The van der Waals surface area contributed by atoms with Gasteiger partial charge in [-0.3, -0.25) is 4.68 Å². The first-order chi connectivity index (χ1) is 6.66. The number of aromatic nitrogens is 2. The molecule has 1 N–H and O–H groups in total. The van der Waals surface area contributed by atoms with E-state index in [-0.39, 0.29) is 0 Å². The van der Waals surface area contributed by atoms with E-state index in [9.17, 15) is 4.79 Å². The van der Waals surface area contributed by atoms with Crippen LogP contribution in [0, 0.1) is 0 Å². The molecule has 1 aliphatic rings. The second-order valence-corrected chi connectivity index (χ2v) is 3.08. The summed E-state index contributed by atoms with van der Waals surface area (Å²) in [6.45, 7) is 0. The fourth-order valence-corrected chi connectivity index (χ4v) is 1.25. The maximum Gasteiger partial charge on any atom is 0.348 e. The van der Waals surface area contributed by atoms with Gasteiger partial charge in [-0.2, -0.15) is 5.10 Å². The monoisotopic (exact) mass is 195 g/mol. The maximum absolute atomic E-state index is 10.6. The number of carboxylic acid groups (broad SMARTS) is 1. The molecule has 2 heterocycles. The standard InChI is InChI=1S/C8H9N3O3/c1-11-4-5(3-9-11)6-2-7(8(12)13)14-10-6/h3-4,7H,2H2,1H3,(H,12,13)/t7-/m0/s1. The van der Waals surface area contributed by atoms with E-state index >= 15 is 0 Å². The van der Waals surface area contributed by atoms with Crippen LogP contribution in [0.25, 0.3) is 0 Å². The lowest BCUT2D eigenvalue weighted by Crippen LogP contribution is -2.19. The predicted octanol–water partition coefficient (Wildman–Crippen LogP) is -0.00230. The Labute approximate surface area is 79.8 Å². The lowest BCUT2D eigenvalue weighted by molar-refractivity contribution is -0.148. The van der Waals surface area contributed by atoms with Crippen molar-refractivity contribution in [3.8, 4) is 0 Å². The molecule has 1 aliphatic heterocycles. The number of hydrogen-bond acceptors (Lipinski definition) is 4. The second kappa shape index (κ2) is 3.13. The van der Waals surface area contributed by atoms with Gasteiger partial charge in [0.1, 0.15) is 0 Å². The van der Waals surface area contributed by atoms with Gasteiger partial charge >= 0.3 is 5.97 Å². The van der Waals surface area contributed by atoms with E-state index in [2.05, 4.69) is 10.3 Å². The molecule has 14 heavy (non-hydrogen) atoms. The third-order valence-corrected chi connectivity index (χ3v) is 1.98. The zero-order chi connectivity index (χ0) is 10.1. The third kappa shape index (κ3) is 1.46. The number of hydrogen-bond donors (Lipinski definition) is 1. The quantitative estimate of drug-likeness (QED) is 0.720. The summed E-state index contributed by atoms with van der Waals surface area (Å²) in [6, 6.07) is 0. The van der Waals surface area contributed by atoms with E-state index in [1.165, 1.54) is 0 Å². The van der Waals surface area contributed by atoms with Gasteiger partial charge in [-0.25, -0.2) is 4.79 Å². The molecule has 6 nitrogen and oxygen atoms in total. The molecule has 0 saturated heterocycles. The van der Waals surface area contributed by atoms with Crippen molar-refractivity contribution in [1.29, 1.82) is 0 Å². The topological polar surface area (TPSA) is 76.7 Å². The molecule has 0 amide bonds. The van der Waals surface area contributed by atoms with Crippen LogP contribution in [0.1, 0.15) is 12.0 Å². The highest BCUT2D eigenvalue weighted by Crippen LogP contribution is 2.15. The van der Waals surface area contributed by atoms with Crippen LogP contribution >= 0.6 is 0 Å². The first kappa shape index (κ1) is 8.74. The molecule has 74 valence electrons. The largest absolute Gasteiger partial charge is 0.478 e. The molecule has 1 atom stereocenters. The molecule has 0 radical (unpaired) electrons. The number of carboxylic acids is 1. The molecular weight excluding hydrogens is 186 g/mol. The number of nitrogens with zero attached hydrogens (tertiary/aromatic N) is 3. The zero-order valence-electron chi connectivity index (χ0n) is 7.54. The summed E-state index contributed by atoms with van der Waals surface area (Å²) < 4.78 is 1.63. The van der Waals surface area contributed by atoms with Crippen molar-refractivity contribution >= 4 is 11.7 Å². The Morgan fingerprint density at radius 3 is 3.07 bits per heavy atom. The molecule has 0 spiro atoms. The van der Waals surface area contributed by atoms with Crippen molar-refractivity contribution in [2.75, 3.05) is 0 Å². The predicted molar refractivity (Wildman–Crippen MR) is 46.9 cm³/mol.